The Bertz CT molecular complexity index is 1230. The fourth-order valence-electron chi connectivity index (χ4n) is 2.96. The van der Waals surface area contributed by atoms with Gasteiger partial charge in [0, 0.05) is 18.3 Å². The largest absolute Gasteiger partial charge is 0.431 e. The van der Waals surface area contributed by atoms with Crippen molar-refractivity contribution in [1.82, 2.24) is 29.9 Å². The maximum absolute atomic E-state index is 12.1. The lowest BCUT2D eigenvalue weighted by atomic mass is 10.3. The molecule has 0 atom stereocenters. The van der Waals surface area contributed by atoms with Crippen LogP contribution in [0.1, 0.15) is 11.4 Å². The third kappa shape index (κ3) is 4.43. The molecule has 3 aromatic heterocycles. The quantitative estimate of drug-likeness (QED) is 0.453. The first kappa shape index (κ1) is 19.9. The predicted molar refractivity (Wildman–Crippen MR) is 113 cm³/mol. The lowest BCUT2D eigenvalue weighted by Crippen LogP contribution is -2.33. The highest BCUT2D eigenvalue weighted by molar-refractivity contribution is 7.99. The molecule has 154 valence electrons. The van der Waals surface area contributed by atoms with Crippen molar-refractivity contribution in [1.29, 1.82) is 0 Å². The number of carbonyl (C=O) groups excluding carboxylic acids is 1. The molecule has 0 spiro atoms. The third-order valence-electron chi connectivity index (χ3n) is 4.33. The molecular formula is C20H20N6O3S. The van der Waals surface area contributed by atoms with E-state index in [-0.39, 0.29) is 30.3 Å². The number of oxazole rings is 1. The Balaban J connectivity index is 1.32. The van der Waals surface area contributed by atoms with Crippen LogP contribution in [0.15, 0.2) is 56.9 Å². The number of hydrogen-bond donors (Lipinski definition) is 1. The summed E-state index contributed by atoms with van der Waals surface area (Å²) >= 11 is 1.22. The van der Waals surface area contributed by atoms with Gasteiger partial charge in [-0.2, -0.15) is 5.10 Å². The van der Waals surface area contributed by atoms with E-state index in [1.165, 1.54) is 22.5 Å². The molecule has 1 amide bonds. The molecule has 30 heavy (non-hydrogen) atoms. The van der Waals surface area contributed by atoms with Crippen LogP contribution in [0.5, 0.6) is 0 Å². The van der Waals surface area contributed by atoms with E-state index in [0.717, 1.165) is 16.9 Å². The number of nitrogens with one attached hydrogen (secondary N) is 1. The zero-order chi connectivity index (χ0) is 21.1. The summed E-state index contributed by atoms with van der Waals surface area (Å²) in [7, 11) is 0. The van der Waals surface area contributed by atoms with Crippen molar-refractivity contribution in [2.75, 3.05) is 12.3 Å². The van der Waals surface area contributed by atoms with Gasteiger partial charge in [-0.25, -0.2) is 14.3 Å². The normalized spacial score (nSPS) is 11.1. The van der Waals surface area contributed by atoms with Gasteiger partial charge in [0.1, 0.15) is 5.52 Å². The van der Waals surface area contributed by atoms with Gasteiger partial charge in [0.2, 0.25) is 5.91 Å². The second kappa shape index (κ2) is 8.54. The zero-order valence-corrected chi connectivity index (χ0v) is 17.3. The number of hydrogen-bond acceptors (Lipinski definition) is 7. The van der Waals surface area contributed by atoms with Gasteiger partial charge in [0.15, 0.2) is 11.4 Å². The van der Waals surface area contributed by atoms with Crippen molar-refractivity contribution in [2.24, 2.45) is 0 Å². The molecule has 3 heterocycles. The van der Waals surface area contributed by atoms with Gasteiger partial charge in [-0.05, 0) is 38.1 Å². The summed E-state index contributed by atoms with van der Waals surface area (Å²) in [5, 5.41) is 12.0. The third-order valence-corrected chi connectivity index (χ3v) is 5.15. The smallest absolute Gasteiger partial charge is 0.266 e. The maximum Gasteiger partial charge on any atom is 0.266 e. The molecule has 0 bridgehead atoms. The van der Waals surface area contributed by atoms with Crippen LogP contribution >= 0.6 is 11.8 Å². The van der Waals surface area contributed by atoms with E-state index in [4.69, 9.17) is 4.42 Å². The van der Waals surface area contributed by atoms with Crippen molar-refractivity contribution in [3.05, 3.63) is 64.2 Å². The monoisotopic (exact) mass is 424 g/mol. The molecule has 0 saturated carbocycles. The summed E-state index contributed by atoms with van der Waals surface area (Å²) in [6.07, 6.45) is 0. The number of aromatic nitrogens is 5. The summed E-state index contributed by atoms with van der Waals surface area (Å²) in [5.41, 5.74) is 3.00. The van der Waals surface area contributed by atoms with Crippen molar-refractivity contribution in [2.45, 2.75) is 25.6 Å². The minimum Gasteiger partial charge on any atom is -0.431 e. The van der Waals surface area contributed by atoms with Crippen LogP contribution in [0.2, 0.25) is 0 Å². The minimum absolute atomic E-state index is 0.168. The van der Waals surface area contributed by atoms with Gasteiger partial charge in [-0.3, -0.25) is 9.59 Å². The number of carbonyl (C=O) groups is 1. The van der Waals surface area contributed by atoms with E-state index in [2.05, 4.69) is 20.5 Å². The second-order valence-corrected chi connectivity index (χ2v) is 7.60. The molecule has 4 rings (SSSR count). The fraction of sp³-hybridized carbons (Fsp3) is 0.250. The van der Waals surface area contributed by atoms with Crippen LogP contribution in [0.4, 0.5) is 0 Å². The number of amides is 1. The molecular weight excluding hydrogens is 404 g/mol. The molecule has 1 aromatic carbocycles. The summed E-state index contributed by atoms with van der Waals surface area (Å²) in [6.45, 7) is 4.35. The number of thioether (sulfide) groups is 1. The number of fused-ring (bicyclic) bond motifs is 1. The Kier molecular flexibility index (Phi) is 5.66. The van der Waals surface area contributed by atoms with Gasteiger partial charge in [0.05, 0.1) is 18.0 Å². The van der Waals surface area contributed by atoms with Crippen LogP contribution in [0, 0.1) is 13.8 Å². The highest BCUT2D eigenvalue weighted by Crippen LogP contribution is 2.22. The Morgan fingerprint density at radius 2 is 2.00 bits per heavy atom. The molecule has 1 N–H and O–H groups in total. The predicted octanol–water partition coefficient (Wildman–Crippen LogP) is 2.10. The molecule has 0 saturated heterocycles. The molecule has 0 unspecified atom stereocenters. The van der Waals surface area contributed by atoms with Crippen LogP contribution < -0.4 is 10.9 Å². The Hall–Kier alpha value is -3.40. The van der Waals surface area contributed by atoms with Gasteiger partial charge in [0.25, 0.3) is 10.8 Å². The Morgan fingerprint density at radius 1 is 1.17 bits per heavy atom. The first-order chi connectivity index (χ1) is 14.5. The summed E-state index contributed by atoms with van der Waals surface area (Å²) in [4.78, 5) is 28.5. The van der Waals surface area contributed by atoms with Crippen LogP contribution in [0.3, 0.4) is 0 Å². The van der Waals surface area contributed by atoms with Crippen molar-refractivity contribution < 1.29 is 9.21 Å². The molecule has 0 aliphatic heterocycles. The van der Waals surface area contributed by atoms with Gasteiger partial charge in [-0.1, -0.05) is 23.9 Å². The van der Waals surface area contributed by atoms with Crippen LogP contribution in [-0.4, -0.2) is 42.7 Å². The van der Waals surface area contributed by atoms with Gasteiger partial charge < -0.3 is 9.73 Å². The summed E-state index contributed by atoms with van der Waals surface area (Å²) in [5.74, 6) is 0.545. The van der Waals surface area contributed by atoms with E-state index in [1.54, 1.807) is 10.7 Å². The summed E-state index contributed by atoms with van der Waals surface area (Å²) < 4.78 is 8.58. The minimum atomic E-state index is -0.240. The molecule has 0 fully saturated rings. The number of nitrogens with zero attached hydrogens (tertiary/aromatic N) is 5. The Morgan fingerprint density at radius 3 is 2.77 bits per heavy atom. The number of aryl methyl sites for hydroxylation is 2. The van der Waals surface area contributed by atoms with E-state index in [0.29, 0.717) is 16.6 Å². The number of rotatable bonds is 7. The first-order valence-corrected chi connectivity index (χ1v) is 10.3. The first-order valence-electron chi connectivity index (χ1n) is 9.36. The summed E-state index contributed by atoms with van der Waals surface area (Å²) in [6, 6.07) is 12.5. The SMILES string of the molecule is Cc1cc(C)n(-c2ccc(=O)n(CCNC(=O)CSc3nc4ccccc4o3)n2)n1. The average Bonchev–Trinajstić information content (AvgIpc) is 3.29. The molecule has 0 aliphatic rings. The highest BCUT2D eigenvalue weighted by Gasteiger charge is 2.10. The highest BCUT2D eigenvalue weighted by atomic mass is 32.2. The molecule has 0 radical (unpaired) electrons. The van der Waals surface area contributed by atoms with Gasteiger partial charge in [-0.15, -0.1) is 5.10 Å². The molecule has 9 nitrogen and oxygen atoms in total. The van der Waals surface area contributed by atoms with Crippen molar-refractivity contribution >= 4 is 28.8 Å². The second-order valence-electron chi connectivity index (χ2n) is 6.68. The van der Waals surface area contributed by atoms with Crippen LogP contribution in [-0.2, 0) is 11.3 Å². The number of benzene rings is 1. The van der Waals surface area contributed by atoms with E-state index in [1.807, 2.05) is 44.2 Å². The zero-order valence-electron chi connectivity index (χ0n) is 16.5. The van der Waals surface area contributed by atoms with Crippen molar-refractivity contribution in [3.63, 3.8) is 0 Å². The number of para-hydroxylation sites is 2. The lowest BCUT2D eigenvalue weighted by molar-refractivity contribution is -0.118. The molecule has 4 aromatic rings. The van der Waals surface area contributed by atoms with Crippen LogP contribution in [0.25, 0.3) is 16.9 Å². The topological polar surface area (TPSA) is 108 Å². The average molecular weight is 424 g/mol. The van der Waals surface area contributed by atoms with E-state index >= 15 is 0 Å². The lowest BCUT2D eigenvalue weighted by Gasteiger charge is -2.09. The van der Waals surface area contributed by atoms with Gasteiger partial charge >= 0.3 is 0 Å². The standard InChI is InChI=1S/C20H20N6O3S/c1-13-11-14(2)26(23-13)17-7-8-19(28)25(24-17)10-9-21-18(27)12-30-20-22-15-5-3-4-6-16(15)29-20/h3-8,11H,9-10,12H2,1-2H3,(H,21,27). The van der Waals surface area contributed by atoms with E-state index < -0.39 is 0 Å². The maximum atomic E-state index is 12.1. The molecule has 0 aliphatic carbocycles. The van der Waals surface area contributed by atoms with E-state index in [9.17, 15) is 9.59 Å². The van der Waals surface area contributed by atoms with Crippen molar-refractivity contribution in [3.8, 4) is 5.82 Å². The fourth-order valence-corrected chi connectivity index (χ4v) is 3.63. The molecule has 10 heteroatoms. The Labute approximate surface area is 176 Å².